The summed E-state index contributed by atoms with van der Waals surface area (Å²) < 4.78 is 13.2. The highest BCUT2D eigenvalue weighted by Gasteiger charge is 2.23. The Morgan fingerprint density at radius 1 is 1.25 bits per heavy atom. The molecule has 20 heavy (non-hydrogen) atoms. The van der Waals surface area contributed by atoms with E-state index in [9.17, 15) is 4.39 Å². The fourth-order valence-corrected chi connectivity index (χ4v) is 2.63. The van der Waals surface area contributed by atoms with E-state index in [1.54, 1.807) is 12.3 Å². The van der Waals surface area contributed by atoms with Crippen molar-refractivity contribution in [2.24, 2.45) is 0 Å². The standard InChI is InChI=1S/C15H17FN4/c16-14-7-12(8-19-9-14)11-20-6-5-18-10-15(20)13-1-3-17-4-2-13/h1-4,7-9,15,18H,5-6,10-11H2. The number of aromatic nitrogens is 2. The van der Waals surface area contributed by atoms with Crippen LogP contribution in [0.15, 0.2) is 43.0 Å². The SMILES string of the molecule is Fc1cncc(CN2CCNCC2c2ccncc2)c1. The topological polar surface area (TPSA) is 41.1 Å². The second kappa shape index (κ2) is 6.07. The average molecular weight is 272 g/mol. The first-order valence-corrected chi connectivity index (χ1v) is 6.77. The van der Waals surface area contributed by atoms with E-state index in [4.69, 9.17) is 0 Å². The van der Waals surface area contributed by atoms with Crippen LogP contribution in [0.2, 0.25) is 0 Å². The predicted octanol–water partition coefficient (Wildman–Crippen LogP) is 1.76. The van der Waals surface area contributed by atoms with Crippen LogP contribution in [0.3, 0.4) is 0 Å². The van der Waals surface area contributed by atoms with Crippen LogP contribution < -0.4 is 5.32 Å². The van der Waals surface area contributed by atoms with Crippen LogP contribution >= 0.6 is 0 Å². The number of nitrogens with zero attached hydrogens (tertiary/aromatic N) is 3. The van der Waals surface area contributed by atoms with Crippen molar-refractivity contribution in [2.45, 2.75) is 12.6 Å². The second-order valence-electron chi connectivity index (χ2n) is 4.98. The molecule has 0 aliphatic carbocycles. The van der Waals surface area contributed by atoms with Crippen molar-refractivity contribution in [2.75, 3.05) is 19.6 Å². The van der Waals surface area contributed by atoms with Crippen LogP contribution in [0.1, 0.15) is 17.2 Å². The third-order valence-electron chi connectivity index (χ3n) is 3.59. The lowest BCUT2D eigenvalue weighted by atomic mass is 10.0. The van der Waals surface area contributed by atoms with Crippen LogP contribution in [0.5, 0.6) is 0 Å². The zero-order valence-corrected chi connectivity index (χ0v) is 11.2. The van der Waals surface area contributed by atoms with Gasteiger partial charge in [0.25, 0.3) is 0 Å². The van der Waals surface area contributed by atoms with Gasteiger partial charge in [0.1, 0.15) is 5.82 Å². The van der Waals surface area contributed by atoms with E-state index in [0.717, 1.165) is 25.2 Å². The third-order valence-corrected chi connectivity index (χ3v) is 3.59. The molecule has 1 saturated heterocycles. The van der Waals surface area contributed by atoms with E-state index in [1.165, 1.54) is 11.8 Å². The fraction of sp³-hybridized carbons (Fsp3) is 0.333. The van der Waals surface area contributed by atoms with Gasteiger partial charge in [0.05, 0.1) is 6.20 Å². The minimum absolute atomic E-state index is 0.280. The van der Waals surface area contributed by atoms with Crippen molar-refractivity contribution < 1.29 is 4.39 Å². The Morgan fingerprint density at radius 3 is 2.90 bits per heavy atom. The molecule has 0 spiro atoms. The summed E-state index contributed by atoms with van der Waals surface area (Å²) in [5.74, 6) is -0.280. The third kappa shape index (κ3) is 3.00. The van der Waals surface area contributed by atoms with Crippen molar-refractivity contribution in [1.82, 2.24) is 20.2 Å². The maximum Gasteiger partial charge on any atom is 0.141 e. The van der Waals surface area contributed by atoms with Gasteiger partial charge in [0.2, 0.25) is 0 Å². The molecule has 1 aliphatic heterocycles. The summed E-state index contributed by atoms with van der Waals surface area (Å²) in [5, 5.41) is 3.41. The van der Waals surface area contributed by atoms with E-state index in [0.29, 0.717) is 6.54 Å². The van der Waals surface area contributed by atoms with Crippen LogP contribution in [-0.4, -0.2) is 34.5 Å². The minimum Gasteiger partial charge on any atom is -0.314 e. The van der Waals surface area contributed by atoms with Gasteiger partial charge in [-0.2, -0.15) is 0 Å². The molecule has 0 aromatic carbocycles. The Kier molecular flexibility index (Phi) is 3.99. The van der Waals surface area contributed by atoms with E-state index in [-0.39, 0.29) is 11.9 Å². The number of nitrogens with one attached hydrogen (secondary N) is 1. The Bertz CT molecular complexity index is 561. The summed E-state index contributed by atoms with van der Waals surface area (Å²) in [6, 6.07) is 5.91. The molecule has 3 rings (SSSR count). The molecular formula is C15H17FN4. The predicted molar refractivity (Wildman–Crippen MR) is 74.5 cm³/mol. The number of halogens is 1. The highest BCUT2D eigenvalue weighted by molar-refractivity contribution is 5.18. The van der Waals surface area contributed by atoms with Crippen molar-refractivity contribution in [3.63, 3.8) is 0 Å². The van der Waals surface area contributed by atoms with Gasteiger partial charge in [-0.3, -0.25) is 14.9 Å². The van der Waals surface area contributed by atoms with Gasteiger partial charge >= 0.3 is 0 Å². The van der Waals surface area contributed by atoms with Gasteiger partial charge in [-0.15, -0.1) is 0 Å². The number of hydrogen-bond donors (Lipinski definition) is 1. The number of rotatable bonds is 3. The molecule has 1 unspecified atom stereocenters. The zero-order chi connectivity index (χ0) is 13.8. The smallest absolute Gasteiger partial charge is 0.141 e. The normalized spacial score (nSPS) is 19.9. The first-order valence-electron chi connectivity index (χ1n) is 6.77. The van der Waals surface area contributed by atoms with E-state index in [2.05, 4.69) is 20.2 Å². The molecule has 104 valence electrons. The summed E-state index contributed by atoms with van der Waals surface area (Å²) in [4.78, 5) is 10.3. The first-order chi connectivity index (χ1) is 9.83. The molecule has 0 bridgehead atoms. The average Bonchev–Trinajstić information content (AvgIpc) is 2.49. The molecule has 2 aromatic rings. The molecule has 0 saturated carbocycles. The van der Waals surface area contributed by atoms with E-state index < -0.39 is 0 Å². The molecule has 4 nitrogen and oxygen atoms in total. The molecule has 1 fully saturated rings. The maximum atomic E-state index is 13.2. The van der Waals surface area contributed by atoms with Gasteiger partial charge in [-0.05, 0) is 29.3 Å². The lowest BCUT2D eigenvalue weighted by Gasteiger charge is -2.36. The van der Waals surface area contributed by atoms with Crippen molar-refractivity contribution in [3.8, 4) is 0 Å². The molecule has 0 radical (unpaired) electrons. The highest BCUT2D eigenvalue weighted by atomic mass is 19.1. The number of pyridine rings is 2. The first kappa shape index (κ1) is 13.1. The lowest BCUT2D eigenvalue weighted by molar-refractivity contribution is 0.153. The molecule has 5 heteroatoms. The highest BCUT2D eigenvalue weighted by Crippen LogP contribution is 2.23. The van der Waals surface area contributed by atoms with Crippen LogP contribution in [-0.2, 0) is 6.54 Å². The molecule has 0 amide bonds. The van der Waals surface area contributed by atoms with Crippen LogP contribution in [0.4, 0.5) is 4.39 Å². The second-order valence-corrected chi connectivity index (χ2v) is 4.98. The van der Waals surface area contributed by atoms with Crippen LogP contribution in [0.25, 0.3) is 0 Å². The molecule has 1 atom stereocenters. The quantitative estimate of drug-likeness (QED) is 0.924. The molecule has 1 N–H and O–H groups in total. The van der Waals surface area contributed by atoms with Crippen molar-refractivity contribution in [1.29, 1.82) is 0 Å². The Morgan fingerprint density at radius 2 is 2.10 bits per heavy atom. The maximum absolute atomic E-state index is 13.2. The molecule has 3 heterocycles. The zero-order valence-electron chi connectivity index (χ0n) is 11.2. The molecule has 2 aromatic heterocycles. The summed E-state index contributed by atoms with van der Waals surface area (Å²) in [5.41, 5.74) is 2.14. The van der Waals surface area contributed by atoms with Crippen molar-refractivity contribution >= 4 is 0 Å². The van der Waals surface area contributed by atoms with Gasteiger partial charge < -0.3 is 5.32 Å². The Labute approximate surface area is 117 Å². The van der Waals surface area contributed by atoms with Crippen molar-refractivity contribution in [3.05, 3.63) is 59.9 Å². The number of piperazine rings is 1. The Hall–Kier alpha value is -1.85. The lowest BCUT2D eigenvalue weighted by Crippen LogP contribution is -2.45. The Balaban J connectivity index is 1.79. The van der Waals surface area contributed by atoms with Gasteiger partial charge in [0.15, 0.2) is 0 Å². The van der Waals surface area contributed by atoms with Gasteiger partial charge in [0, 0.05) is 50.8 Å². The minimum atomic E-state index is -0.280. The van der Waals surface area contributed by atoms with Gasteiger partial charge in [-0.25, -0.2) is 4.39 Å². The van der Waals surface area contributed by atoms with E-state index in [1.807, 2.05) is 24.5 Å². The van der Waals surface area contributed by atoms with Gasteiger partial charge in [-0.1, -0.05) is 0 Å². The largest absolute Gasteiger partial charge is 0.314 e. The monoisotopic (exact) mass is 272 g/mol. The summed E-state index contributed by atoms with van der Waals surface area (Å²) in [7, 11) is 0. The van der Waals surface area contributed by atoms with E-state index >= 15 is 0 Å². The summed E-state index contributed by atoms with van der Waals surface area (Å²) in [6.07, 6.45) is 6.59. The molecular weight excluding hydrogens is 255 g/mol. The fourth-order valence-electron chi connectivity index (χ4n) is 2.63. The summed E-state index contributed by atoms with van der Waals surface area (Å²) >= 11 is 0. The summed E-state index contributed by atoms with van der Waals surface area (Å²) in [6.45, 7) is 3.49. The number of hydrogen-bond acceptors (Lipinski definition) is 4. The van der Waals surface area contributed by atoms with Crippen LogP contribution in [0, 0.1) is 5.82 Å². The molecule has 1 aliphatic rings.